The van der Waals surface area contributed by atoms with Gasteiger partial charge in [-0.1, -0.05) is 48.1 Å². The van der Waals surface area contributed by atoms with Gasteiger partial charge in [0, 0.05) is 4.43 Å². The predicted molar refractivity (Wildman–Crippen MR) is 52.2 cm³/mol. The molecule has 0 amide bonds. The van der Waals surface area contributed by atoms with E-state index in [0.29, 0.717) is 0 Å². The normalized spacial score (nSPS) is 12.1. The molecule has 0 aromatic heterocycles. The quantitative estimate of drug-likeness (QED) is 0.399. The summed E-state index contributed by atoms with van der Waals surface area (Å²) >= 11 is 2.42. The molecular formula is C8H15I. The molecule has 0 spiro atoms. The molecule has 1 heteroatoms. The molecule has 0 N–H and O–H groups in total. The Hall–Kier alpha value is 0.470. The van der Waals surface area contributed by atoms with Crippen LogP contribution >= 0.6 is 22.6 Å². The van der Waals surface area contributed by atoms with Crippen molar-refractivity contribution in [2.75, 3.05) is 4.43 Å². The van der Waals surface area contributed by atoms with E-state index in [1.54, 1.807) is 5.57 Å². The smallest absolute Gasteiger partial charge is 0.00325 e. The van der Waals surface area contributed by atoms with Crippen LogP contribution in [0.4, 0.5) is 0 Å². The molecule has 54 valence electrons. The van der Waals surface area contributed by atoms with E-state index in [9.17, 15) is 0 Å². The van der Waals surface area contributed by atoms with Gasteiger partial charge in [-0.05, 0) is 19.3 Å². The number of alkyl halides is 1. The van der Waals surface area contributed by atoms with Crippen LogP contribution in [0.1, 0.15) is 33.1 Å². The van der Waals surface area contributed by atoms with E-state index in [0.717, 1.165) is 0 Å². The molecule has 0 rings (SSSR count). The van der Waals surface area contributed by atoms with Crippen LogP contribution in [0.3, 0.4) is 0 Å². The molecular weight excluding hydrogens is 223 g/mol. The van der Waals surface area contributed by atoms with E-state index >= 15 is 0 Å². The van der Waals surface area contributed by atoms with Crippen molar-refractivity contribution in [2.45, 2.75) is 33.1 Å². The number of halogens is 1. The summed E-state index contributed by atoms with van der Waals surface area (Å²) in [5, 5.41) is 0. The summed E-state index contributed by atoms with van der Waals surface area (Å²) in [6.07, 6.45) is 6.06. The molecule has 0 aliphatic heterocycles. The maximum Gasteiger partial charge on any atom is 0.00325 e. The highest BCUT2D eigenvalue weighted by molar-refractivity contribution is 14.1. The molecule has 0 aliphatic rings. The molecule has 0 aliphatic carbocycles. The number of allylic oxidation sites excluding steroid dienone is 2. The Morgan fingerprint density at radius 1 is 1.44 bits per heavy atom. The van der Waals surface area contributed by atoms with E-state index in [2.05, 4.69) is 42.5 Å². The highest BCUT2D eigenvalue weighted by atomic mass is 127. The van der Waals surface area contributed by atoms with Crippen molar-refractivity contribution in [3.05, 3.63) is 11.6 Å². The van der Waals surface area contributed by atoms with E-state index in [4.69, 9.17) is 0 Å². The highest BCUT2D eigenvalue weighted by Crippen LogP contribution is 2.08. The maximum atomic E-state index is 2.42. The molecule has 0 bridgehead atoms. The highest BCUT2D eigenvalue weighted by Gasteiger charge is 1.89. The van der Waals surface area contributed by atoms with Crippen molar-refractivity contribution >= 4 is 22.6 Å². The summed E-state index contributed by atoms with van der Waals surface area (Å²) in [7, 11) is 0. The molecule has 0 aromatic rings. The van der Waals surface area contributed by atoms with Crippen LogP contribution in [0.15, 0.2) is 11.6 Å². The van der Waals surface area contributed by atoms with E-state index in [1.807, 2.05) is 0 Å². The van der Waals surface area contributed by atoms with Crippen molar-refractivity contribution in [3.8, 4) is 0 Å². The lowest BCUT2D eigenvalue weighted by atomic mass is 10.1. The summed E-state index contributed by atoms with van der Waals surface area (Å²) < 4.78 is 1.26. The molecule has 0 saturated carbocycles. The monoisotopic (exact) mass is 238 g/mol. The van der Waals surface area contributed by atoms with E-state index < -0.39 is 0 Å². The minimum Gasteiger partial charge on any atom is -0.0860 e. The van der Waals surface area contributed by atoms with Gasteiger partial charge in [0.05, 0.1) is 0 Å². The second-order valence-corrected chi connectivity index (χ2v) is 3.14. The third-order valence-electron chi connectivity index (χ3n) is 1.36. The van der Waals surface area contributed by atoms with E-state index in [1.165, 1.54) is 23.7 Å². The second kappa shape index (κ2) is 6.59. The number of hydrogen-bond acceptors (Lipinski definition) is 0. The van der Waals surface area contributed by atoms with Crippen molar-refractivity contribution < 1.29 is 0 Å². The first-order chi connectivity index (χ1) is 4.35. The molecule has 9 heavy (non-hydrogen) atoms. The summed E-state index contributed by atoms with van der Waals surface area (Å²) in [6.45, 7) is 4.43. The average molecular weight is 238 g/mol. The fraction of sp³-hybridized carbons (Fsp3) is 0.750. The maximum absolute atomic E-state index is 2.42. The first-order valence-corrected chi connectivity index (χ1v) is 5.11. The molecule has 0 nitrogen and oxygen atoms in total. The van der Waals surface area contributed by atoms with Crippen LogP contribution < -0.4 is 0 Å². The van der Waals surface area contributed by atoms with Gasteiger partial charge in [0.2, 0.25) is 0 Å². The number of hydrogen-bond donors (Lipinski definition) is 0. The summed E-state index contributed by atoms with van der Waals surface area (Å²) in [4.78, 5) is 0. The summed E-state index contributed by atoms with van der Waals surface area (Å²) in [5.74, 6) is 0. The van der Waals surface area contributed by atoms with Crippen LogP contribution in [0, 0.1) is 0 Å². The molecule has 0 heterocycles. The Morgan fingerprint density at radius 3 is 2.44 bits per heavy atom. The predicted octanol–water partition coefficient (Wildman–Crippen LogP) is 3.56. The van der Waals surface area contributed by atoms with Crippen molar-refractivity contribution in [2.24, 2.45) is 0 Å². The van der Waals surface area contributed by atoms with Gasteiger partial charge in [-0.3, -0.25) is 0 Å². The Balaban J connectivity index is 3.53. The third kappa shape index (κ3) is 4.94. The molecule has 0 fully saturated rings. The zero-order valence-corrected chi connectivity index (χ0v) is 8.44. The standard InChI is InChI=1S/C8H15I/c1-3-5-8(4-2)6-7-9/h5H,3-4,6-7H2,1-2H3/b8-5+. The Kier molecular flexibility index (Phi) is 6.93. The minimum atomic E-state index is 1.19. The van der Waals surface area contributed by atoms with Crippen molar-refractivity contribution in [3.63, 3.8) is 0 Å². The van der Waals surface area contributed by atoms with Gasteiger partial charge < -0.3 is 0 Å². The van der Waals surface area contributed by atoms with Gasteiger partial charge in [0.25, 0.3) is 0 Å². The Bertz CT molecular complexity index is 84.6. The minimum absolute atomic E-state index is 1.19. The molecule has 0 radical (unpaired) electrons. The fourth-order valence-electron chi connectivity index (χ4n) is 0.833. The molecule has 0 saturated heterocycles. The number of rotatable bonds is 4. The largest absolute Gasteiger partial charge is 0.0860 e. The zero-order valence-electron chi connectivity index (χ0n) is 6.28. The van der Waals surface area contributed by atoms with Crippen molar-refractivity contribution in [1.82, 2.24) is 0 Å². The first-order valence-electron chi connectivity index (χ1n) is 3.59. The van der Waals surface area contributed by atoms with Gasteiger partial charge >= 0.3 is 0 Å². The Labute approximate surface area is 71.9 Å². The lowest BCUT2D eigenvalue weighted by Gasteiger charge is -1.98. The molecule has 0 aromatic carbocycles. The topological polar surface area (TPSA) is 0 Å². The van der Waals surface area contributed by atoms with Gasteiger partial charge in [0.1, 0.15) is 0 Å². The summed E-state index contributed by atoms with van der Waals surface area (Å²) in [5.41, 5.74) is 1.62. The van der Waals surface area contributed by atoms with Gasteiger partial charge in [0.15, 0.2) is 0 Å². The van der Waals surface area contributed by atoms with Gasteiger partial charge in [-0.25, -0.2) is 0 Å². The Morgan fingerprint density at radius 2 is 2.11 bits per heavy atom. The van der Waals surface area contributed by atoms with Crippen LogP contribution in [0.25, 0.3) is 0 Å². The van der Waals surface area contributed by atoms with Crippen LogP contribution in [-0.2, 0) is 0 Å². The molecule has 0 atom stereocenters. The van der Waals surface area contributed by atoms with Gasteiger partial charge in [-0.15, -0.1) is 0 Å². The summed E-state index contributed by atoms with van der Waals surface area (Å²) in [6, 6.07) is 0. The average Bonchev–Trinajstić information content (AvgIpc) is 1.88. The van der Waals surface area contributed by atoms with Crippen LogP contribution in [-0.4, -0.2) is 4.43 Å². The van der Waals surface area contributed by atoms with Gasteiger partial charge in [-0.2, -0.15) is 0 Å². The van der Waals surface area contributed by atoms with Crippen molar-refractivity contribution in [1.29, 1.82) is 0 Å². The van der Waals surface area contributed by atoms with Crippen LogP contribution in [0.2, 0.25) is 0 Å². The van der Waals surface area contributed by atoms with Crippen LogP contribution in [0.5, 0.6) is 0 Å². The lowest BCUT2D eigenvalue weighted by Crippen LogP contribution is -1.81. The SMILES string of the molecule is CC/C=C(\CC)CCI. The van der Waals surface area contributed by atoms with E-state index in [-0.39, 0.29) is 0 Å². The fourth-order valence-corrected chi connectivity index (χ4v) is 1.53. The first kappa shape index (κ1) is 9.47. The third-order valence-corrected chi connectivity index (χ3v) is 1.90. The lowest BCUT2D eigenvalue weighted by molar-refractivity contribution is 0.970. The second-order valence-electron chi connectivity index (χ2n) is 2.06. The molecule has 0 unspecified atom stereocenters. The zero-order chi connectivity index (χ0) is 7.11.